The molecule has 3 heterocycles. The lowest BCUT2D eigenvalue weighted by atomic mass is 10.0. The summed E-state index contributed by atoms with van der Waals surface area (Å²) in [5.41, 5.74) is 1.95. The molecule has 1 aromatic heterocycles. The van der Waals surface area contributed by atoms with Gasteiger partial charge in [-0.1, -0.05) is 12.1 Å². The molecule has 1 aromatic carbocycles. The maximum atomic E-state index is 13.9. The van der Waals surface area contributed by atoms with E-state index in [1.807, 2.05) is 14.1 Å². The minimum Gasteiger partial charge on any atom is -0.347 e. The van der Waals surface area contributed by atoms with E-state index in [4.69, 9.17) is 4.98 Å². The Morgan fingerprint density at radius 3 is 2.59 bits per heavy atom. The molecule has 2 fully saturated rings. The SMILES string of the molecule is CN(C)c1ncc(-c2cccc(F)c2)c([C@@H]2CCCN2S(=O)(=O)N2CCCC2)n1. The lowest BCUT2D eigenvalue weighted by Crippen LogP contribution is -2.42. The monoisotopic (exact) mass is 419 g/mol. The summed E-state index contributed by atoms with van der Waals surface area (Å²) < 4.78 is 43.6. The molecule has 9 heteroatoms. The summed E-state index contributed by atoms with van der Waals surface area (Å²) in [5, 5.41) is 0. The van der Waals surface area contributed by atoms with Gasteiger partial charge in [0, 0.05) is 45.5 Å². The molecule has 0 radical (unpaired) electrons. The van der Waals surface area contributed by atoms with E-state index >= 15 is 0 Å². The van der Waals surface area contributed by atoms with E-state index < -0.39 is 10.2 Å². The molecule has 4 rings (SSSR count). The van der Waals surface area contributed by atoms with Gasteiger partial charge in [-0.2, -0.15) is 17.0 Å². The van der Waals surface area contributed by atoms with Crippen molar-refractivity contribution in [3.05, 3.63) is 42.0 Å². The Balaban J connectivity index is 1.80. The van der Waals surface area contributed by atoms with E-state index in [0.717, 1.165) is 19.3 Å². The molecule has 1 atom stereocenters. The van der Waals surface area contributed by atoms with Crippen molar-refractivity contribution in [1.29, 1.82) is 0 Å². The fraction of sp³-hybridized carbons (Fsp3) is 0.500. The van der Waals surface area contributed by atoms with Crippen LogP contribution < -0.4 is 4.90 Å². The fourth-order valence-corrected chi connectivity index (χ4v) is 5.99. The molecule has 2 aliphatic rings. The van der Waals surface area contributed by atoms with Crippen LogP contribution in [0, 0.1) is 5.82 Å². The molecular formula is C20H26FN5O2S. The smallest absolute Gasteiger partial charge is 0.282 e. The Morgan fingerprint density at radius 2 is 1.90 bits per heavy atom. The highest BCUT2D eigenvalue weighted by atomic mass is 32.2. The summed E-state index contributed by atoms with van der Waals surface area (Å²) in [6, 6.07) is 5.88. The van der Waals surface area contributed by atoms with Gasteiger partial charge in [0.05, 0.1) is 11.7 Å². The van der Waals surface area contributed by atoms with Crippen LogP contribution >= 0.6 is 0 Å². The van der Waals surface area contributed by atoms with Gasteiger partial charge >= 0.3 is 0 Å². The zero-order chi connectivity index (χ0) is 20.6. The van der Waals surface area contributed by atoms with Crippen LogP contribution in [-0.2, 0) is 10.2 Å². The van der Waals surface area contributed by atoms with Crippen LogP contribution in [0.15, 0.2) is 30.5 Å². The van der Waals surface area contributed by atoms with Gasteiger partial charge in [-0.05, 0) is 43.4 Å². The van der Waals surface area contributed by atoms with Crippen molar-refractivity contribution < 1.29 is 12.8 Å². The van der Waals surface area contributed by atoms with E-state index in [9.17, 15) is 12.8 Å². The Bertz CT molecular complexity index is 992. The molecule has 0 amide bonds. The van der Waals surface area contributed by atoms with Crippen LogP contribution in [0.4, 0.5) is 10.3 Å². The molecule has 0 bridgehead atoms. The first kappa shape index (κ1) is 20.2. The van der Waals surface area contributed by atoms with Gasteiger partial charge in [0.15, 0.2) is 0 Å². The Morgan fingerprint density at radius 1 is 1.14 bits per heavy atom. The average molecular weight is 420 g/mol. The third-order valence-corrected chi connectivity index (χ3v) is 7.60. The number of hydrogen-bond acceptors (Lipinski definition) is 5. The fourth-order valence-electron chi connectivity index (χ4n) is 4.09. The van der Waals surface area contributed by atoms with Gasteiger partial charge in [0.1, 0.15) is 5.82 Å². The number of rotatable bonds is 5. The highest BCUT2D eigenvalue weighted by Crippen LogP contribution is 2.39. The molecule has 0 N–H and O–H groups in total. The van der Waals surface area contributed by atoms with E-state index in [-0.39, 0.29) is 11.9 Å². The van der Waals surface area contributed by atoms with Crippen LogP contribution in [0.2, 0.25) is 0 Å². The van der Waals surface area contributed by atoms with Gasteiger partial charge in [-0.15, -0.1) is 0 Å². The molecule has 2 saturated heterocycles. The first-order chi connectivity index (χ1) is 13.9. The average Bonchev–Trinajstić information content (AvgIpc) is 3.40. The highest BCUT2D eigenvalue weighted by Gasteiger charge is 2.41. The van der Waals surface area contributed by atoms with Crippen molar-refractivity contribution in [3.63, 3.8) is 0 Å². The molecular weight excluding hydrogens is 393 g/mol. The van der Waals surface area contributed by atoms with Crippen molar-refractivity contribution in [2.24, 2.45) is 0 Å². The van der Waals surface area contributed by atoms with Gasteiger partial charge in [0.2, 0.25) is 5.95 Å². The second-order valence-electron chi connectivity index (χ2n) is 7.76. The minimum atomic E-state index is -3.56. The van der Waals surface area contributed by atoms with E-state index in [1.165, 1.54) is 12.1 Å². The number of benzene rings is 1. The van der Waals surface area contributed by atoms with E-state index in [2.05, 4.69) is 4.98 Å². The van der Waals surface area contributed by atoms with Crippen molar-refractivity contribution in [1.82, 2.24) is 18.6 Å². The van der Waals surface area contributed by atoms with Gasteiger partial charge in [-0.3, -0.25) is 0 Å². The number of aromatic nitrogens is 2. The second kappa shape index (κ2) is 7.97. The number of anilines is 1. The van der Waals surface area contributed by atoms with Gasteiger partial charge < -0.3 is 4.90 Å². The van der Waals surface area contributed by atoms with Crippen LogP contribution in [0.5, 0.6) is 0 Å². The normalized spacial score (nSPS) is 21.0. The first-order valence-corrected chi connectivity index (χ1v) is 11.3. The third kappa shape index (κ3) is 3.86. The molecule has 2 aromatic rings. The van der Waals surface area contributed by atoms with Crippen LogP contribution in [0.1, 0.15) is 37.4 Å². The van der Waals surface area contributed by atoms with Crippen molar-refractivity contribution in [3.8, 4) is 11.1 Å². The summed E-state index contributed by atoms with van der Waals surface area (Å²) in [6.07, 6.45) is 4.90. The lowest BCUT2D eigenvalue weighted by Gasteiger charge is -2.29. The zero-order valence-corrected chi connectivity index (χ0v) is 17.6. The summed E-state index contributed by atoms with van der Waals surface area (Å²) in [6.45, 7) is 1.59. The van der Waals surface area contributed by atoms with Crippen LogP contribution in [0.3, 0.4) is 0 Å². The number of nitrogens with zero attached hydrogens (tertiary/aromatic N) is 5. The molecule has 2 aliphatic heterocycles. The maximum absolute atomic E-state index is 13.9. The summed E-state index contributed by atoms with van der Waals surface area (Å²) >= 11 is 0. The number of hydrogen-bond donors (Lipinski definition) is 0. The predicted molar refractivity (Wildman–Crippen MR) is 110 cm³/mol. The highest BCUT2D eigenvalue weighted by molar-refractivity contribution is 7.86. The lowest BCUT2D eigenvalue weighted by molar-refractivity contribution is 0.345. The quantitative estimate of drug-likeness (QED) is 0.745. The first-order valence-electron chi connectivity index (χ1n) is 9.95. The van der Waals surface area contributed by atoms with Crippen LogP contribution in [-0.4, -0.2) is 60.7 Å². The van der Waals surface area contributed by atoms with Crippen molar-refractivity contribution >= 4 is 16.2 Å². The molecule has 0 saturated carbocycles. The Labute approximate surface area is 171 Å². The molecule has 29 heavy (non-hydrogen) atoms. The van der Waals surface area contributed by atoms with E-state index in [1.54, 1.807) is 31.8 Å². The summed E-state index contributed by atoms with van der Waals surface area (Å²) in [7, 11) is 0.126. The largest absolute Gasteiger partial charge is 0.347 e. The molecule has 156 valence electrons. The topological polar surface area (TPSA) is 69.6 Å². The third-order valence-electron chi connectivity index (χ3n) is 5.55. The molecule has 0 aliphatic carbocycles. The van der Waals surface area contributed by atoms with Crippen molar-refractivity contribution in [2.45, 2.75) is 31.7 Å². The summed E-state index contributed by atoms with van der Waals surface area (Å²) in [4.78, 5) is 10.9. The minimum absolute atomic E-state index is 0.349. The standard InChI is InChI=1S/C20H26FN5O2S/c1-24(2)20-22-14-17(15-7-5-8-16(21)13-15)19(23-20)18-9-6-12-26(18)29(27,28)25-10-3-4-11-25/h5,7-8,13-14,18H,3-4,6,9-12H2,1-2H3/t18-/m0/s1. The van der Waals surface area contributed by atoms with Crippen LogP contribution in [0.25, 0.3) is 11.1 Å². The molecule has 0 unspecified atom stereocenters. The molecule has 0 spiro atoms. The molecule has 7 nitrogen and oxygen atoms in total. The predicted octanol–water partition coefficient (Wildman–Crippen LogP) is 2.83. The Kier molecular flexibility index (Phi) is 5.54. The maximum Gasteiger partial charge on any atom is 0.282 e. The second-order valence-corrected chi connectivity index (χ2v) is 9.64. The van der Waals surface area contributed by atoms with Crippen molar-refractivity contribution in [2.75, 3.05) is 38.6 Å². The summed E-state index contributed by atoms with van der Waals surface area (Å²) in [5.74, 6) is 0.156. The zero-order valence-electron chi connectivity index (χ0n) is 16.8. The Hall–Kier alpha value is -2.10. The van der Waals surface area contributed by atoms with E-state index in [0.29, 0.717) is 48.8 Å². The van der Waals surface area contributed by atoms with Gasteiger partial charge in [0.25, 0.3) is 10.2 Å². The van der Waals surface area contributed by atoms with Gasteiger partial charge in [-0.25, -0.2) is 14.4 Å². The number of halogens is 1.